The molecule has 0 saturated carbocycles. The summed E-state index contributed by atoms with van der Waals surface area (Å²) in [5.74, 6) is -0.164. The summed E-state index contributed by atoms with van der Waals surface area (Å²) in [6.45, 7) is 3.64. The maximum Gasteiger partial charge on any atom is 0.274 e. The predicted molar refractivity (Wildman–Crippen MR) is 126 cm³/mol. The van der Waals surface area contributed by atoms with Crippen molar-refractivity contribution in [2.24, 2.45) is 5.41 Å². The van der Waals surface area contributed by atoms with Gasteiger partial charge in [0.25, 0.3) is 5.91 Å². The zero-order valence-corrected chi connectivity index (χ0v) is 18.9. The molecule has 1 fully saturated rings. The SMILES string of the molecule is CCCNC(=O)[C@]1(Cc2ccc(-c3ccncc3)cc2)CCCN(C(=O)c2cnccn2)C1. The van der Waals surface area contributed by atoms with E-state index in [0.29, 0.717) is 31.7 Å². The molecule has 1 aliphatic rings. The first kappa shape index (κ1) is 22.6. The minimum absolute atomic E-state index is 0.0132. The number of amides is 2. The summed E-state index contributed by atoms with van der Waals surface area (Å²) in [6.07, 6.45) is 11.0. The molecule has 33 heavy (non-hydrogen) atoms. The average Bonchev–Trinajstić information content (AvgIpc) is 2.88. The van der Waals surface area contributed by atoms with Crippen molar-refractivity contribution in [2.45, 2.75) is 32.6 Å². The Morgan fingerprint density at radius 2 is 1.76 bits per heavy atom. The van der Waals surface area contributed by atoms with Gasteiger partial charge in [0.1, 0.15) is 5.69 Å². The van der Waals surface area contributed by atoms with Gasteiger partial charge in [-0.25, -0.2) is 4.98 Å². The van der Waals surface area contributed by atoms with E-state index in [1.807, 2.05) is 19.1 Å². The van der Waals surface area contributed by atoms with Crippen LogP contribution in [-0.4, -0.2) is 51.3 Å². The van der Waals surface area contributed by atoms with Crippen LogP contribution in [0.1, 0.15) is 42.2 Å². The van der Waals surface area contributed by atoms with Crippen LogP contribution >= 0.6 is 0 Å². The Morgan fingerprint density at radius 1 is 1.00 bits per heavy atom. The highest BCUT2D eigenvalue weighted by Crippen LogP contribution is 2.35. The van der Waals surface area contributed by atoms with E-state index in [2.05, 4.69) is 44.5 Å². The molecule has 4 rings (SSSR count). The number of rotatable bonds is 7. The lowest BCUT2D eigenvalue weighted by molar-refractivity contribution is -0.133. The van der Waals surface area contributed by atoms with Crippen LogP contribution in [0.3, 0.4) is 0 Å². The van der Waals surface area contributed by atoms with Crippen LogP contribution in [-0.2, 0) is 11.2 Å². The lowest BCUT2D eigenvalue weighted by atomic mass is 9.74. The van der Waals surface area contributed by atoms with Gasteiger partial charge in [-0.2, -0.15) is 0 Å². The van der Waals surface area contributed by atoms with Crippen LogP contribution in [0.4, 0.5) is 0 Å². The van der Waals surface area contributed by atoms with Crippen molar-refractivity contribution in [3.63, 3.8) is 0 Å². The summed E-state index contributed by atoms with van der Waals surface area (Å²) in [4.78, 5) is 40.5. The second-order valence-electron chi connectivity index (χ2n) is 8.57. The van der Waals surface area contributed by atoms with Gasteiger partial charge in [0, 0.05) is 44.4 Å². The number of carbonyl (C=O) groups is 2. The normalized spacial score (nSPS) is 18.0. The molecular formula is C26H29N5O2. The molecule has 0 spiro atoms. The molecule has 0 bridgehead atoms. The lowest BCUT2D eigenvalue weighted by Gasteiger charge is -2.41. The molecule has 7 nitrogen and oxygen atoms in total. The number of benzene rings is 1. The molecule has 3 aromatic rings. The van der Waals surface area contributed by atoms with E-state index in [4.69, 9.17) is 0 Å². The third-order valence-electron chi connectivity index (χ3n) is 6.17. The first-order valence-corrected chi connectivity index (χ1v) is 11.4. The van der Waals surface area contributed by atoms with Gasteiger partial charge in [-0.15, -0.1) is 0 Å². The summed E-state index contributed by atoms with van der Waals surface area (Å²) in [5.41, 5.74) is 2.92. The minimum atomic E-state index is -0.677. The number of pyridine rings is 1. The van der Waals surface area contributed by atoms with Crippen molar-refractivity contribution in [3.05, 3.63) is 78.6 Å². The Hall–Kier alpha value is -3.61. The average molecular weight is 444 g/mol. The number of hydrogen-bond acceptors (Lipinski definition) is 5. The van der Waals surface area contributed by atoms with Crippen molar-refractivity contribution >= 4 is 11.8 Å². The van der Waals surface area contributed by atoms with E-state index < -0.39 is 5.41 Å². The zero-order chi connectivity index (χ0) is 23.1. The maximum atomic E-state index is 13.4. The number of likely N-dealkylation sites (tertiary alicyclic amines) is 1. The second kappa shape index (κ2) is 10.3. The van der Waals surface area contributed by atoms with Crippen LogP contribution in [0.5, 0.6) is 0 Å². The zero-order valence-electron chi connectivity index (χ0n) is 18.9. The van der Waals surface area contributed by atoms with Gasteiger partial charge in [-0.1, -0.05) is 31.2 Å². The molecule has 1 N–H and O–H groups in total. The van der Waals surface area contributed by atoms with Crippen LogP contribution in [0.25, 0.3) is 11.1 Å². The van der Waals surface area contributed by atoms with Gasteiger partial charge in [0.2, 0.25) is 5.91 Å². The summed E-state index contributed by atoms with van der Waals surface area (Å²) in [7, 11) is 0. The topological polar surface area (TPSA) is 88.1 Å². The summed E-state index contributed by atoms with van der Waals surface area (Å²) in [6, 6.07) is 12.3. The molecule has 2 amide bonds. The molecule has 170 valence electrons. The van der Waals surface area contributed by atoms with Gasteiger partial charge in [0.05, 0.1) is 11.6 Å². The summed E-state index contributed by atoms with van der Waals surface area (Å²) >= 11 is 0. The van der Waals surface area contributed by atoms with Gasteiger partial charge < -0.3 is 10.2 Å². The molecular weight excluding hydrogens is 414 g/mol. The molecule has 0 radical (unpaired) electrons. The Labute approximate surface area is 194 Å². The number of carbonyl (C=O) groups excluding carboxylic acids is 2. The Bertz CT molecular complexity index is 1070. The summed E-state index contributed by atoms with van der Waals surface area (Å²) < 4.78 is 0. The molecule has 1 atom stereocenters. The van der Waals surface area contributed by atoms with E-state index in [-0.39, 0.29) is 11.8 Å². The van der Waals surface area contributed by atoms with Gasteiger partial charge in [-0.3, -0.25) is 19.6 Å². The van der Waals surface area contributed by atoms with Gasteiger partial charge >= 0.3 is 0 Å². The Balaban J connectivity index is 1.58. The highest BCUT2D eigenvalue weighted by Gasteiger charge is 2.43. The fraction of sp³-hybridized carbons (Fsp3) is 0.346. The largest absolute Gasteiger partial charge is 0.356 e. The van der Waals surface area contributed by atoms with Crippen LogP contribution in [0, 0.1) is 5.41 Å². The minimum Gasteiger partial charge on any atom is -0.356 e. The molecule has 2 aromatic heterocycles. The number of aromatic nitrogens is 3. The first-order valence-electron chi connectivity index (χ1n) is 11.4. The van der Waals surface area contributed by atoms with E-state index in [0.717, 1.165) is 36.0 Å². The quantitative estimate of drug-likeness (QED) is 0.604. The van der Waals surface area contributed by atoms with Gasteiger partial charge in [-0.05, 0) is 54.5 Å². The first-order chi connectivity index (χ1) is 16.1. The van der Waals surface area contributed by atoms with Gasteiger partial charge in [0.15, 0.2) is 0 Å². The summed E-state index contributed by atoms with van der Waals surface area (Å²) in [5, 5.41) is 3.09. The highest BCUT2D eigenvalue weighted by molar-refractivity contribution is 5.93. The van der Waals surface area contributed by atoms with Crippen LogP contribution in [0.15, 0.2) is 67.4 Å². The van der Waals surface area contributed by atoms with Crippen LogP contribution < -0.4 is 5.32 Å². The van der Waals surface area contributed by atoms with E-state index >= 15 is 0 Å². The molecule has 3 heterocycles. The molecule has 0 aliphatic carbocycles. The van der Waals surface area contributed by atoms with Crippen molar-refractivity contribution in [1.29, 1.82) is 0 Å². The van der Waals surface area contributed by atoms with Crippen molar-refractivity contribution in [3.8, 4) is 11.1 Å². The molecule has 1 aliphatic heterocycles. The van der Waals surface area contributed by atoms with E-state index in [9.17, 15) is 9.59 Å². The van der Waals surface area contributed by atoms with Crippen molar-refractivity contribution in [2.75, 3.05) is 19.6 Å². The number of nitrogens with one attached hydrogen (secondary N) is 1. The third kappa shape index (κ3) is 5.25. The highest BCUT2D eigenvalue weighted by atomic mass is 16.2. The molecule has 0 unspecified atom stereocenters. The Morgan fingerprint density at radius 3 is 2.45 bits per heavy atom. The van der Waals surface area contributed by atoms with Crippen molar-refractivity contribution in [1.82, 2.24) is 25.2 Å². The third-order valence-corrected chi connectivity index (χ3v) is 6.17. The predicted octanol–water partition coefficient (Wildman–Crippen LogP) is 3.53. The van der Waals surface area contributed by atoms with Crippen LogP contribution in [0.2, 0.25) is 0 Å². The van der Waals surface area contributed by atoms with Crippen molar-refractivity contribution < 1.29 is 9.59 Å². The fourth-order valence-electron chi connectivity index (χ4n) is 4.46. The standard InChI is InChI=1S/C26H29N5O2/c1-2-11-30-25(33)26(10-3-16-31(19-26)24(32)23-18-28-14-15-29-23)17-20-4-6-21(7-5-20)22-8-12-27-13-9-22/h4-9,12-15,18H,2-3,10-11,16-17,19H2,1H3,(H,30,33)/t26-/m0/s1. The number of hydrogen-bond donors (Lipinski definition) is 1. The fourth-order valence-corrected chi connectivity index (χ4v) is 4.46. The maximum absolute atomic E-state index is 13.4. The molecule has 7 heteroatoms. The number of nitrogens with zero attached hydrogens (tertiary/aromatic N) is 4. The lowest BCUT2D eigenvalue weighted by Crippen LogP contribution is -2.54. The van der Waals surface area contributed by atoms with E-state index in [1.54, 1.807) is 23.5 Å². The smallest absolute Gasteiger partial charge is 0.274 e. The monoisotopic (exact) mass is 443 g/mol. The Kier molecular flexibility index (Phi) is 7.07. The number of piperidine rings is 1. The molecule has 1 saturated heterocycles. The second-order valence-corrected chi connectivity index (χ2v) is 8.57. The van der Waals surface area contributed by atoms with E-state index in [1.165, 1.54) is 12.4 Å². The molecule has 1 aromatic carbocycles.